The second-order valence-corrected chi connectivity index (χ2v) is 14.2. The van der Waals surface area contributed by atoms with E-state index in [4.69, 9.17) is 9.47 Å². The maximum atomic E-state index is 14.0. The highest BCUT2D eigenvalue weighted by atomic mass is 79.9. The first-order valence-electron chi connectivity index (χ1n) is 16.1. The second kappa shape index (κ2) is 14.6. The number of piperidine rings is 2. The number of likely N-dealkylation sites (tertiary alicyclic amines) is 2. The van der Waals surface area contributed by atoms with Crippen LogP contribution in [0.4, 0.5) is 15.3 Å². The number of phenolic OH excluding ortho intramolecular Hbond substituents is 1. The highest BCUT2D eigenvalue weighted by molar-refractivity contribution is 9.11. The van der Waals surface area contributed by atoms with Gasteiger partial charge in [-0.3, -0.25) is 14.7 Å². The number of para-hydroxylation sites is 1. The van der Waals surface area contributed by atoms with E-state index in [0.717, 1.165) is 76.2 Å². The Morgan fingerprint density at radius 1 is 1.02 bits per heavy atom. The molecule has 3 amide bonds. The van der Waals surface area contributed by atoms with Crippen LogP contribution in [0.1, 0.15) is 43.2 Å². The van der Waals surface area contributed by atoms with Gasteiger partial charge in [-0.25, -0.2) is 9.59 Å². The molecule has 4 aliphatic rings. The highest BCUT2D eigenvalue weighted by Gasteiger charge is 2.52. The van der Waals surface area contributed by atoms with Crippen molar-refractivity contribution in [1.29, 1.82) is 0 Å². The van der Waals surface area contributed by atoms with Gasteiger partial charge in [0.25, 0.3) is 0 Å². The van der Waals surface area contributed by atoms with Gasteiger partial charge < -0.3 is 29.6 Å². The molecular weight excluding hydrogens is 722 g/mol. The number of nitrogens with zero attached hydrogens (tertiary/aromatic N) is 4. The Morgan fingerprint density at radius 2 is 1.72 bits per heavy atom. The van der Waals surface area contributed by atoms with Crippen molar-refractivity contribution >= 4 is 56.0 Å². The Hall–Kier alpha value is -2.71. The molecule has 3 saturated heterocycles. The van der Waals surface area contributed by atoms with E-state index in [9.17, 15) is 19.5 Å². The van der Waals surface area contributed by atoms with Crippen LogP contribution >= 0.6 is 31.9 Å². The van der Waals surface area contributed by atoms with Crippen molar-refractivity contribution in [2.24, 2.45) is 0 Å². The summed E-state index contributed by atoms with van der Waals surface area (Å²) in [5, 5.41) is 13.2. The SMILES string of the molecule is O=CC[C@@]1(N2CCC(N3CCOCC3)CC2)C[C@H](N2CCc3ccccc3NC2=O)CCN1C(=O)OCc1cc(Br)c(O)c(Br)c1. The Kier molecular flexibility index (Phi) is 10.5. The first kappa shape index (κ1) is 33.2. The molecule has 2 aromatic carbocycles. The summed E-state index contributed by atoms with van der Waals surface area (Å²) in [4.78, 5) is 48.5. The van der Waals surface area contributed by atoms with Gasteiger partial charge in [-0.15, -0.1) is 0 Å². The number of hydrogen-bond acceptors (Lipinski definition) is 8. The minimum Gasteiger partial charge on any atom is -0.506 e. The Morgan fingerprint density at radius 3 is 2.43 bits per heavy atom. The van der Waals surface area contributed by atoms with Crippen LogP contribution in [0, 0.1) is 0 Å². The van der Waals surface area contributed by atoms with Crippen molar-refractivity contribution in [2.45, 2.75) is 62.9 Å². The van der Waals surface area contributed by atoms with E-state index in [1.165, 1.54) is 0 Å². The van der Waals surface area contributed by atoms with Crippen LogP contribution in [0.5, 0.6) is 5.75 Å². The average molecular weight is 764 g/mol. The van der Waals surface area contributed by atoms with E-state index in [2.05, 4.69) is 47.0 Å². The van der Waals surface area contributed by atoms with Crippen molar-refractivity contribution in [3.63, 3.8) is 0 Å². The van der Waals surface area contributed by atoms with Crippen LogP contribution < -0.4 is 5.32 Å². The van der Waals surface area contributed by atoms with Gasteiger partial charge in [-0.05, 0) is 86.9 Å². The summed E-state index contributed by atoms with van der Waals surface area (Å²) in [6.07, 6.45) is 4.11. The number of phenols is 1. The lowest BCUT2D eigenvalue weighted by atomic mass is 9.84. The van der Waals surface area contributed by atoms with Gasteiger partial charge in [-0.1, -0.05) is 18.2 Å². The van der Waals surface area contributed by atoms with Crippen LogP contribution in [-0.2, 0) is 27.3 Å². The summed E-state index contributed by atoms with van der Waals surface area (Å²) < 4.78 is 12.5. The standard InChI is InChI=1S/C33H41Br2N5O6/c34-27-19-23(20-28(35)30(27)42)22-46-32(44)40-13-8-26(39-12-5-24-3-1-2-4-29(24)36-31(39)43)21-33(40,9-16-41)38-10-6-25(7-11-38)37-14-17-45-18-15-37/h1-4,16,19-20,25-26,42H,5-15,17-18,21-22H2,(H,36,43)/t26-,33+/m1/s1. The largest absolute Gasteiger partial charge is 0.506 e. The molecular formula is C33H41Br2N5O6. The number of rotatable bonds is 7. The molecule has 2 N–H and O–H groups in total. The molecule has 4 heterocycles. The predicted octanol–water partition coefficient (Wildman–Crippen LogP) is 5.19. The molecule has 0 unspecified atom stereocenters. The summed E-state index contributed by atoms with van der Waals surface area (Å²) in [5.41, 5.74) is 1.68. The molecule has 248 valence electrons. The molecule has 6 rings (SSSR count). The zero-order chi connectivity index (χ0) is 32.3. The lowest BCUT2D eigenvalue weighted by Crippen LogP contribution is -2.70. The van der Waals surface area contributed by atoms with Crippen molar-refractivity contribution < 1.29 is 29.0 Å². The van der Waals surface area contributed by atoms with Crippen molar-refractivity contribution in [3.05, 3.63) is 56.5 Å². The van der Waals surface area contributed by atoms with Crippen LogP contribution in [0.3, 0.4) is 0 Å². The summed E-state index contributed by atoms with van der Waals surface area (Å²) >= 11 is 6.69. The summed E-state index contributed by atoms with van der Waals surface area (Å²) in [5.74, 6) is 0.0725. The smallest absolute Gasteiger partial charge is 0.411 e. The number of anilines is 1. The minimum atomic E-state index is -0.937. The van der Waals surface area contributed by atoms with Gasteiger partial charge in [0.15, 0.2) is 0 Å². The zero-order valence-electron chi connectivity index (χ0n) is 25.8. The third kappa shape index (κ3) is 6.94. The molecule has 11 nitrogen and oxygen atoms in total. The molecule has 0 aromatic heterocycles. The normalized spacial score (nSPS) is 25.0. The van der Waals surface area contributed by atoms with E-state index < -0.39 is 11.8 Å². The van der Waals surface area contributed by atoms with E-state index in [1.807, 2.05) is 29.2 Å². The maximum absolute atomic E-state index is 14.0. The predicted molar refractivity (Wildman–Crippen MR) is 180 cm³/mol. The fourth-order valence-corrected chi connectivity index (χ4v) is 8.89. The van der Waals surface area contributed by atoms with Crippen LogP contribution in [0.25, 0.3) is 0 Å². The zero-order valence-corrected chi connectivity index (χ0v) is 29.0. The summed E-state index contributed by atoms with van der Waals surface area (Å²) in [6.45, 7) is 5.67. The maximum Gasteiger partial charge on any atom is 0.411 e. The molecule has 0 aliphatic carbocycles. The number of ether oxygens (including phenoxy) is 2. The summed E-state index contributed by atoms with van der Waals surface area (Å²) in [6, 6.07) is 11.4. The molecule has 2 aromatic rings. The van der Waals surface area contributed by atoms with E-state index in [0.29, 0.717) is 46.5 Å². The van der Waals surface area contributed by atoms with E-state index >= 15 is 0 Å². The van der Waals surface area contributed by atoms with Gasteiger partial charge in [0.05, 0.1) is 22.2 Å². The van der Waals surface area contributed by atoms with Gasteiger partial charge in [0.1, 0.15) is 24.3 Å². The van der Waals surface area contributed by atoms with Crippen molar-refractivity contribution in [3.8, 4) is 5.75 Å². The Balaban J connectivity index is 1.24. The number of hydrogen-bond donors (Lipinski definition) is 2. The number of nitrogens with one attached hydrogen (secondary N) is 1. The number of urea groups is 1. The molecule has 46 heavy (non-hydrogen) atoms. The third-order valence-corrected chi connectivity index (χ3v) is 11.2. The number of fused-ring (bicyclic) bond motifs is 1. The van der Waals surface area contributed by atoms with E-state index in [1.54, 1.807) is 17.0 Å². The third-order valence-electron chi connectivity index (χ3n) is 10.0. The van der Waals surface area contributed by atoms with E-state index in [-0.39, 0.29) is 30.9 Å². The number of halogens is 2. The monoisotopic (exact) mass is 761 g/mol. The topological polar surface area (TPSA) is 115 Å². The number of aldehydes is 1. The molecule has 0 saturated carbocycles. The molecule has 4 aliphatic heterocycles. The first-order chi connectivity index (χ1) is 22.3. The molecule has 13 heteroatoms. The Bertz CT molecular complexity index is 1410. The van der Waals surface area contributed by atoms with Gasteiger partial charge in [-0.2, -0.15) is 0 Å². The molecule has 2 atom stereocenters. The first-order valence-corrected chi connectivity index (χ1v) is 17.6. The van der Waals surface area contributed by atoms with Crippen LogP contribution in [-0.4, -0.2) is 113 Å². The molecule has 0 bridgehead atoms. The molecule has 0 radical (unpaired) electrons. The lowest BCUT2D eigenvalue weighted by Gasteiger charge is -2.57. The lowest BCUT2D eigenvalue weighted by molar-refractivity contribution is -0.129. The van der Waals surface area contributed by atoms with Crippen molar-refractivity contribution in [1.82, 2.24) is 19.6 Å². The molecule has 3 fully saturated rings. The van der Waals surface area contributed by atoms with Gasteiger partial charge >= 0.3 is 12.1 Å². The fraction of sp³-hybridized carbons (Fsp3) is 0.545. The number of amides is 3. The van der Waals surface area contributed by atoms with Gasteiger partial charge in [0.2, 0.25) is 0 Å². The number of benzene rings is 2. The minimum absolute atomic E-state index is 0.000689. The summed E-state index contributed by atoms with van der Waals surface area (Å²) in [7, 11) is 0. The molecule has 0 spiro atoms. The van der Waals surface area contributed by atoms with Crippen LogP contribution in [0.15, 0.2) is 45.3 Å². The average Bonchev–Trinajstić information content (AvgIpc) is 3.24. The van der Waals surface area contributed by atoms with Crippen molar-refractivity contribution in [2.75, 3.05) is 57.8 Å². The number of aromatic hydroxyl groups is 1. The Labute approximate surface area is 286 Å². The number of carbonyl (C=O) groups is 3. The quantitative estimate of drug-likeness (QED) is 0.371. The highest BCUT2D eigenvalue weighted by Crippen LogP contribution is 2.40. The van der Waals surface area contributed by atoms with Crippen LogP contribution in [0.2, 0.25) is 0 Å². The second-order valence-electron chi connectivity index (χ2n) is 12.5. The number of carbonyl (C=O) groups excluding carboxylic acids is 3. The van der Waals surface area contributed by atoms with Gasteiger partial charge in [0, 0.05) is 69.9 Å². The number of morpholine rings is 1. The fourth-order valence-electron chi connectivity index (χ4n) is 7.61.